The van der Waals surface area contributed by atoms with Gasteiger partial charge in [-0.15, -0.1) is 0 Å². The fourth-order valence-electron chi connectivity index (χ4n) is 1.82. The van der Waals surface area contributed by atoms with Gasteiger partial charge in [-0.3, -0.25) is 9.79 Å². The number of benzene rings is 1. The summed E-state index contributed by atoms with van der Waals surface area (Å²) in [5, 5.41) is 3.03. The summed E-state index contributed by atoms with van der Waals surface area (Å²) in [5.41, 5.74) is 3.02. The quantitative estimate of drug-likeness (QED) is 0.457. The van der Waals surface area contributed by atoms with Crippen LogP contribution in [0, 0.1) is 0 Å². The molecule has 0 atom stereocenters. The Labute approximate surface area is 146 Å². The molecule has 1 N–H and O–H groups in total. The lowest BCUT2D eigenvalue weighted by molar-refractivity contribution is -0.104. The molecule has 0 bridgehead atoms. The Morgan fingerprint density at radius 2 is 1.92 bits per heavy atom. The van der Waals surface area contributed by atoms with Gasteiger partial charge in [-0.2, -0.15) is 0 Å². The molecular weight excluding hydrogens is 296 g/mol. The summed E-state index contributed by atoms with van der Waals surface area (Å²) >= 11 is 0. The minimum Gasteiger partial charge on any atom is -0.388 e. The predicted molar refractivity (Wildman–Crippen MR) is 107 cm³/mol. The number of hydrogen-bond acceptors (Lipinski definition) is 3. The van der Waals surface area contributed by atoms with Gasteiger partial charge in [0.25, 0.3) is 0 Å². The number of anilines is 1. The molecule has 2 rings (SSSR count). The lowest BCUT2D eigenvalue weighted by Crippen LogP contribution is -1.92. The van der Waals surface area contributed by atoms with E-state index in [-0.39, 0.29) is 0 Å². The summed E-state index contributed by atoms with van der Waals surface area (Å²) in [7, 11) is 1.91. The number of hydrogen-bond donors (Lipinski definition) is 1. The predicted octanol–water partition coefficient (Wildman–Crippen LogP) is 5.23. The van der Waals surface area contributed by atoms with Crippen molar-refractivity contribution in [1.29, 1.82) is 0 Å². The Kier molecular flexibility index (Phi) is 13.9. The van der Waals surface area contributed by atoms with Crippen LogP contribution >= 0.6 is 0 Å². The number of nitrogens with zero attached hydrogens (tertiary/aromatic N) is 1. The molecule has 0 saturated carbocycles. The first-order valence-electron chi connectivity index (χ1n) is 8.49. The molecule has 0 fully saturated rings. The Balaban J connectivity index is 0.000000447. The number of para-hydroxylation sites is 1. The molecular formula is C21H30N2O. The molecule has 130 valence electrons. The zero-order valence-corrected chi connectivity index (χ0v) is 15.3. The van der Waals surface area contributed by atoms with Crippen LogP contribution in [0.2, 0.25) is 0 Å². The van der Waals surface area contributed by atoms with E-state index < -0.39 is 0 Å². The van der Waals surface area contributed by atoms with E-state index in [0.717, 1.165) is 24.8 Å². The first-order chi connectivity index (χ1) is 11.8. The molecule has 0 saturated heterocycles. The molecule has 3 heteroatoms. The van der Waals surface area contributed by atoms with Gasteiger partial charge in [0, 0.05) is 24.5 Å². The van der Waals surface area contributed by atoms with Crippen molar-refractivity contribution in [3.05, 3.63) is 65.8 Å². The van der Waals surface area contributed by atoms with Crippen molar-refractivity contribution in [2.24, 2.45) is 4.99 Å². The van der Waals surface area contributed by atoms with E-state index in [1.54, 1.807) is 12.3 Å². The fourth-order valence-corrected chi connectivity index (χ4v) is 1.82. The largest absolute Gasteiger partial charge is 0.388 e. The van der Waals surface area contributed by atoms with Gasteiger partial charge in [-0.25, -0.2) is 0 Å². The maximum atomic E-state index is 10.4. The van der Waals surface area contributed by atoms with Crippen LogP contribution in [0.3, 0.4) is 0 Å². The second-order valence-corrected chi connectivity index (χ2v) is 4.75. The monoisotopic (exact) mass is 326 g/mol. The molecule has 0 radical (unpaired) electrons. The highest BCUT2D eigenvalue weighted by Gasteiger charge is 1.94. The lowest BCUT2D eigenvalue weighted by atomic mass is 10.1. The molecule has 0 spiro atoms. The zero-order valence-electron chi connectivity index (χ0n) is 15.3. The number of carbonyl (C=O) groups excluding carboxylic acids is 1. The van der Waals surface area contributed by atoms with Crippen molar-refractivity contribution in [2.75, 3.05) is 18.9 Å². The number of allylic oxidation sites excluding steroid dienone is 4. The van der Waals surface area contributed by atoms with Crippen molar-refractivity contribution in [1.82, 2.24) is 0 Å². The van der Waals surface area contributed by atoms with Gasteiger partial charge < -0.3 is 5.32 Å². The summed E-state index contributed by atoms with van der Waals surface area (Å²) in [6, 6.07) is 10.1. The van der Waals surface area contributed by atoms with Crippen LogP contribution in [-0.2, 0) is 4.79 Å². The van der Waals surface area contributed by atoms with Crippen molar-refractivity contribution >= 4 is 18.2 Å². The molecule has 0 aliphatic heterocycles. The first kappa shape index (κ1) is 21.6. The number of aliphatic imine (C=N–C) groups is 1. The molecule has 0 aromatic heterocycles. The van der Waals surface area contributed by atoms with Crippen LogP contribution in [0.4, 0.5) is 5.69 Å². The second kappa shape index (κ2) is 15.5. The summed E-state index contributed by atoms with van der Waals surface area (Å²) in [6.07, 6.45) is 12.9. The summed E-state index contributed by atoms with van der Waals surface area (Å²) in [4.78, 5) is 14.6. The summed E-state index contributed by atoms with van der Waals surface area (Å²) in [6.45, 7) is 6.50. The lowest BCUT2D eigenvalue weighted by Gasteiger charge is -2.02. The van der Waals surface area contributed by atoms with E-state index in [4.69, 9.17) is 0 Å². The Morgan fingerprint density at radius 1 is 1.21 bits per heavy atom. The van der Waals surface area contributed by atoms with E-state index in [2.05, 4.69) is 28.5 Å². The third-order valence-corrected chi connectivity index (χ3v) is 3.12. The molecule has 1 aliphatic carbocycles. The average Bonchev–Trinajstić information content (AvgIpc) is 2.69. The zero-order chi connectivity index (χ0) is 18.0. The molecule has 24 heavy (non-hydrogen) atoms. The Morgan fingerprint density at radius 3 is 2.38 bits per heavy atom. The van der Waals surface area contributed by atoms with Crippen LogP contribution in [0.25, 0.3) is 0 Å². The maximum absolute atomic E-state index is 10.4. The molecule has 0 unspecified atom stereocenters. The SMILES string of the molecule is C/C=C(/C=O)C=NCC1=CCCC=C1.CC.CNc1ccccc1. The molecule has 0 heterocycles. The molecule has 1 aromatic carbocycles. The van der Waals surface area contributed by atoms with E-state index >= 15 is 0 Å². The molecule has 1 aliphatic rings. The van der Waals surface area contributed by atoms with Crippen LogP contribution in [0.5, 0.6) is 0 Å². The van der Waals surface area contributed by atoms with Gasteiger partial charge in [0.05, 0.1) is 6.54 Å². The van der Waals surface area contributed by atoms with Gasteiger partial charge in [0.15, 0.2) is 6.29 Å². The van der Waals surface area contributed by atoms with Gasteiger partial charge in [0.1, 0.15) is 0 Å². The van der Waals surface area contributed by atoms with Gasteiger partial charge in [0.2, 0.25) is 0 Å². The van der Waals surface area contributed by atoms with Crippen LogP contribution in [0.1, 0.15) is 33.6 Å². The Bertz CT molecular complexity index is 554. The highest BCUT2D eigenvalue weighted by atomic mass is 16.1. The van der Waals surface area contributed by atoms with Crippen molar-refractivity contribution in [3.8, 4) is 0 Å². The highest BCUT2D eigenvalue weighted by molar-refractivity contribution is 6.01. The first-order valence-corrected chi connectivity index (χ1v) is 8.49. The number of nitrogens with one attached hydrogen (secondary N) is 1. The van der Waals surface area contributed by atoms with Crippen molar-refractivity contribution < 1.29 is 4.79 Å². The van der Waals surface area contributed by atoms with Crippen LogP contribution in [0.15, 0.2) is 70.8 Å². The third kappa shape index (κ3) is 10.3. The number of rotatable bonds is 5. The van der Waals surface area contributed by atoms with Crippen LogP contribution in [-0.4, -0.2) is 26.1 Å². The van der Waals surface area contributed by atoms with Crippen molar-refractivity contribution in [3.63, 3.8) is 0 Å². The van der Waals surface area contributed by atoms with E-state index in [1.165, 1.54) is 5.57 Å². The fraction of sp³-hybridized carbons (Fsp3) is 0.333. The topological polar surface area (TPSA) is 41.5 Å². The summed E-state index contributed by atoms with van der Waals surface area (Å²) < 4.78 is 0. The summed E-state index contributed by atoms with van der Waals surface area (Å²) in [5.74, 6) is 0. The maximum Gasteiger partial charge on any atom is 0.151 e. The smallest absolute Gasteiger partial charge is 0.151 e. The van der Waals surface area contributed by atoms with E-state index in [1.807, 2.05) is 58.2 Å². The van der Waals surface area contributed by atoms with Crippen LogP contribution < -0.4 is 5.32 Å². The van der Waals surface area contributed by atoms with Gasteiger partial charge in [-0.05, 0) is 37.5 Å². The normalized spacial score (nSPS) is 13.2. The van der Waals surface area contributed by atoms with Crippen molar-refractivity contribution in [2.45, 2.75) is 33.6 Å². The van der Waals surface area contributed by atoms with E-state index in [0.29, 0.717) is 12.1 Å². The number of carbonyl (C=O) groups is 1. The minimum absolute atomic E-state index is 0.630. The Hall–Kier alpha value is -2.42. The highest BCUT2D eigenvalue weighted by Crippen LogP contribution is 2.09. The third-order valence-electron chi connectivity index (χ3n) is 3.12. The average molecular weight is 326 g/mol. The van der Waals surface area contributed by atoms with Gasteiger partial charge in [-0.1, -0.05) is 56.4 Å². The van der Waals surface area contributed by atoms with E-state index in [9.17, 15) is 4.79 Å². The molecule has 3 nitrogen and oxygen atoms in total. The van der Waals surface area contributed by atoms with Gasteiger partial charge >= 0.3 is 0 Å². The minimum atomic E-state index is 0.630. The molecule has 0 amide bonds. The number of aldehydes is 1. The second-order valence-electron chi connectivity index (χ2n) is 4.75. The molecule has 1 aromatic rings. The standard InChI is InChI=1S/C12H15NO.C7H9N.C2H6/c1-2-11(10-14)8-13-9-12-6-4-3-5-7-12;1-8-7-5-3-2-4-6-7;1-2/h2,4,6-8,10H,3,5,9H2,1H3;2-6,8H,1H3;1-2H3/b11-2+,13-8?;;.